The van der Waals surface area contributed by atoms with Gasteiger partial charge in [-0.25, -0.2) is 8.78 Å². The van der Waals surface area contributed by atoms with E-state index in [0.29, 0.717) is 11.5 Å². The van der Waals surface area contributed by atoms with Crippen LogP contribution in [0, 0.1) is 6.92 Å². The maximum atomic E-state index is 13.9. The van der Waals surface area contributed by atoms with Gasteiger partial charge in [-0.2, -0.15) is 0 Å². The lowest BCUT2D eigenvalue weighted by Crippen LogP contribution is -2.33. The second-order valence-electron chi connectivity index (χ2n) is 5.74. The molecule has 2 aliphatic rings. The van der Waals surface area contributed by atoms with E-state index < -0.39 is 30.8 Å². The maximum Gasteiger partial charge on any atom is 0.267 e. The second kappa shape index (κ2) is 5.15. The summed E-state index contributed by atoms with van der Waals surface area (Å²) < 4.78 is 43.5. The minimum Gasteiger partial charge on any atom is -0.454 e. The largest absolute Gasteiger partial charge is 0.454 e. The Balaban J connectivity index is 1.66. The van der Waals surface area contributed by atoms with Crippen LogP contribution in [0.3, 0.4) is 0 Å². The first-order chi connectivity index (χ1) is 11.4. The van der Waals surface area contributed by atoms with Crippen LogP contribution in [-0.2, 0) is 0 Å². The molecule has 1 atom stereocenters. The van der Waals surface area contributed by atoms with Gasteiger partial charge in [-0.1, -0.05) is 0 Å². The molecule has 1 aromatic carbocycles. The summed E-state index contributed by atoms with van der Waals surface area (Å²) in [7, 11) is 0. The third kappa shape index (κ3) is 2.45. The Hall–Kier alpha value is -2.71. The van der Waals surface area contributed by atoms with Crippen molar-refractivity contribution in [3.05, 3.63) is 35.5 Å². The first-order valence-corrected chi connectivity index (χ1v) is 7.31. The van der Waals surface area contributed by atoms with E-state index in [2.05, 4.69) is 10.2 Å². The standard InChI is InChI=1S/C15H13F2N3O4/c1-8-18-19-13(24-8)10-5-15(16,17)6-20(10)14(21)9-2-3-11-12(4-9)23-7-22-11/h2-4,10H,5-7H2,1H3/t10-/m0/s1. The molecule has 9 heteroatoms. The summed E-state index contributed by atoms with van der Waals surface area (Å²) in [5.74, 6) is -2.36. The van der Waals surface area contributed by atoms with Crippen LogP contribution in [0.5, 0.6) is 11.5 Å². The van der Waals surface area contributed by atoms with E-state index in [9.17, 15) is 13.6 Å². The number of fused-ring (bicyclic) bond motifs is 1. The van der Waals surface area contributed by atoms with Gasteiger partial charge in [0.05, 0.1) is 6.54 Å². The van der Waals surface area contributed by atoms with Crippen LogP contribution >= 0.6 is 0 Å². The number of hydrogen-bond donors (Lipinski definition) is 0. The minimum absolute atomic E-state index is 0.0127. The Morgan fingerprint density at radius 3 is 2.83 bits per heavy atom. The third-order valence-electron chi connectivity index (χ3n) is 3.98. The number of alkyl halides is 2. The van der Waals surface area contributed by atoms with E-state index >= 15 is 0 Å². The van der Waals surface area contributed by atoms with Crippen molar-refractivity contribution in [1.82, 2.24) is 15.1 Å². The molecular weight excluding hydrogens is 324 g/mol. The first-order valence-electron chi connectivity index (χ1n) is 7.31. The normalized spacial score (nSPS) is 21.3. The quantitative estimate of drug-likeness (QED) is 0.837. The van der Waals surface area contributed by atoms with Crippen LogP contribution in [-0.4, -0.2) is 40.3 Å². The molecule has 0 saturated carbocycles. The Morgan fingerprint density at radius 1 is 1.29 bits per heavy atom. The molecule has 24 heavy (non-hydrogen) atoms. The zero-order chi connectivity index (χ0) is 16.9. The van der Waals surface area contributed by atoms with Crippen molar-refractivity contribution in [3.8, 4) is 11.5 Å². The number of halogens is 2. The predicted molar refractivity (Wildman–Crippen MR) is 74.9 cm³/mol. The van der Waals surface area contributed by atoms with Gasteiger partial charge in [0.15, 0.2) is 11.5 Å². The molecule has 0 N–H and O–H groups in total. The third-order valence-corrected chi connectivity index (χ3v) is 3.98. The van der Waals surface area contributed by atoms with E-state index in [4.69, 9.17) is 13.9 Å². The molecule has 0 bridgehead atoms. The number of benzene rings is 1. The van der Waals surface area contributed by atoms with Gasteiger partial charge >= 0.3 is 0 Å². The highest BCUT2D eigenvalue weighted by Crippen LogP contribution is 2.42. The lowest BCUT2D eigenvalue weighted by molar-refractivity contribution is 0.0117. The van der Waals surface area contributed by atoms with Gasteiger partial charge in [0.1, 0.15) is 6.04 Å². The molecule has 0 spiro atoms. The molecule has 7 nitrogen and oxygen atoms in total. The highest BCUT2D eigenvalue weighted by atomic mass is 19.3. The van der Waals surface area contributed by atoms with E-state index in [-0.39, 0.29) is 24.1 Å². The van der Waals surface area contributed by atoms with Gasteiger partial charge in [0, 0.05) is 18.9 Å². The van der Waals surface area contributed by atoms with Gasteiger partial charge in [-0.05, 0) is 18.2 Å². The average Bonchev–Trinajstić information content (AvgIpc) is 3.23. The number of hydrogen-bond acceptors (Lipinski definition) is 6. The predicted octanol–water partition coefficient (Wildman–Crippen LogP) is 2.33. The van der Waals surface area contributed by atoms with Crippen LogP contribution < -0.4 is 9.47 Å². The van der Waals surface area contributed by atoms with Gasteiger partial charge in [0.25, 0.3) is 11.8 Å². The molecule has 1 aromatic heterocycles. The van der Waals surface area contributed by atoms with Crippen molar-refractivity contribution >= 4 is 5.91 Å². The fourth-order valence-corrected chi connectivity index (χ4v) is 2.89. The van der Waals surface area contributed by atoms with Crippen molar-refractivity contribution in [2.45, 2.75) is 25.3 Å². The summed E-state index contributed by atoms with van der Waals surface area (Å²) in [6.07, 6.45) is -0.551. The monoisotopic (exact) mass is 337 g/mol. The van der Waals surface area contributed by atoms with Gasteiger partial charge < -0.3 is 18.8 Å². The SMILES string of the molecule is Cc1nnc([C@@H]2CC(F)(F)CN2C(=O)c2ccc3c(c2)OCO3)o1. The summed E-state index contributed by atoms with van der Waals surface area (Å²) >= 11 is 0. The Labute approximate surface area is 135 Å². The zero-order valence-electron chi connectivity index (χ0n) is 12.7. The van der Waals surface area contributed by atoms with Crippen LogP contribution in [0.4, 0.5) is 8.78 Å². The molecule has 1 fully saturated rings. The molecule has 3 heterocycles. The Morgan fingerprint density at radius 2 is 2.08 bits per heavy atom. The average molecular weight is 337 g/mol. The number of rotatable bonds is 2. The maximum absolute atomic E-state index is 13.9. The number of amides is 1. The first kappa shape index (κ1) is 14.9. The van der Waals surface area contributed by atoms with Crippen molar-refractivity contribution < 1.29 is 27.5 Å². The fourth-order valence-electron chi connectivity index (χ4n) is 2.89. The van der Waals surface area contributed by atoms with Crippen LogP contribution in [0.15, 0.2) is 22.6 Å². The highest BCUT2D eigenvalue weighted by Gasteiger charge is 2.50. The number of likely N-dealkylation sites (tertiary alicyclic amines) is 1. The number of nitrogens with zero attached hydrogens (tertiary/aromatic N) is 3. The number of ether oxygens (including phenoxy) is 2. The van der Waals surface area contributed by atoms with Crippen molar-refractivity contribution in [3.63, 3.8) is 0 Å². The van der Waals surface area contributed by atoms with E-state index in [1.807, 2.05) is 0 Å². The van der Waals surface area contributed by atoms with Gasteiger partial charge in [0.2, 0.25) is 18.6 Å². The van der Waals surface area contributed by atoms with Crippen LogP contribution in [0.2, 0.25) is 0 Å². The molecule has 2 aromatic rings. The summed E-state index contributed by atoms with van der Waals surface area (Å²) in [6.45, 7) is 0.929. The second-order valence-corrected chi connectivity index (χ2v) is 5.74. The zero-order valence-corrected chi connectivity index (χ0v) is 12.7. The number of aryl methyl sites for hydroxylation is 1. The van der Waals surface area contributed by atoms with E-state index in [1.165, 1.54) is 12.1 Å². The van der Waals surface area contributed by atoms with Crippen molar-refractivity contribution in [2.24, 2.45) is 0 Å². The smallest absolute Gasteiger partial charge is 0.267 e. The van der Waals surface area contributed by atoms with E-state index in [0.717, 1.165) is 4.90 Å². The molecule has 0 radical (unpaired) electrons. The van der Waals surface area contributed by atoms with Crippen molar-refractivity contribution in [2.75, 3.05) is 13.3 Å². The molecule has 1 amide bonds. The number of aromatic nitrogens is 2. The molecule has 2 aliphatic heterocycles. The van der Waals surface area contributed by atoms with Crippen LogP contribution in [0.25, 0.3) is 0 Å². The van der Waals surface area contributed by atoms with Gasteiger partial charge in [-0.15, -0.1) is 10.2 Å². The van der Waals surface area contributed by atoms with E-state index in [1.54, 1.807) is 13.0 Å². The molecule has 0 unspecified atom stereocenters. The summed E-state index contributed by atoms with van der Waals surface area (Å²) in [4.78, 5) is 13.8. The van der Waals surface area contributed by atoms with Crippen LogP contribution in [0.1, 0.15) is 34.6 Å². The molecule has 126 valence electrons. The topological polar surface area (TPSA) is 77.7 Å². The number of carbonyl (C=O) groups is 1. The summed E-state index contributed by atoms with van der Waals surface area (Å²) in [5, 5.41) is 7.45. The molecular formula is C15H13F2N3O4. The Kier molecular flexibility index (Phi) is 3.19. The lowest BCUT2D eigenvalue weighted by Gasteiger charge is -2.21. The minimum atomic E-state index is -3.01. The summed E-state index contributed by atoms with van der Waals surface area (Å²) in [6, 6.07) is 3.62. The molecule has 0 aliphatic carbocycles. The lowest BCUT2D eigenvalue weighted by atomic mass is 10.1. The fraction of sp³-hybridized carbons (Fsp3) is 0.400. The molecule has 4 rings (SSSR count). The molecule has 1 saturated heterocycles. The van der Waals surface area contributed by atoms with Crippen molar-refractivity contribution in [1.29, 1.82) is 0 Å². The highest BCUT2D eigenvalue weighted by molar-refractivity contribution is 5.95. The summed E-state index contributed by atoms with van der Waals surface area (Å²) in [5.41, 5.74) is 0.234. The Bertz CT molecular complexity index is 808. The van der Waals surface area contributed by atoms with Gasteiger partial charge in [-0.3, -0.25) is 4.79 Å². The number of carbonyl (C=O) groups excluding carboxylic acids is 1.